The third-order valence-electron chi connectivity index (χ3n) is 2.89. The average Bonchev–Trinajstić information content (AvgIpc) is 3.11. The molecule has 0 aliphatic heterocycles. The van der Waals surface area contributed by atoms with Gasteiger partial charge in [-0.3, -0.25) is 0 Å². The van der Waals surface area contributed by atoms with E-state index in [-0.39, 0.29) is 0 Å². The number of aromatic amines is 1. The number of nitrogens with zero attached hydrogens (tertiary/aromatic N) is 4. The number of aromatic nitrogens is 5. The van der Waals surface area contributed by atoms with Crippen LogP contribution in [0.2, 0.25) is 0 Å². The average molecular weight is 303 g/mol. The number of nitrogens with one attached hydrogen (secondary N) is 3. The Labute approximate surface area is 126 Å². The van der Waals surface area contributed by atoms with Gasteiger partial charge in [0, 0.05) is 17.6 Å². The van der Waals surface area contributed by atoms with Gasteiger partial charge in [-0.2, -0.15) is 9.97 Å². The zero-order valence-corrected chi connectivity index (χ0v) is 12.8. The number of hydrogen-bond acceptors (Lipinski definition) is 7. The van der Waals surface area contributed by atoms with Crippen molar-refractivity contribution in [3.05, 3.63) is 22.4 Å². The van der Waals surface area contributed by atoms with Crippen LogP contribution in [0.3, 0.4) is 0 Å². The van der Waals surface area contributed by atoms with Crippen LogP contribution in [0, 0.1) is 6.92 Å². The second-order valence-electron chi connectivity index (χ2n) is 4.64. The van der Waals surface area contributed by atoms with Crippen molar-refractivity contribution in [3.8, 4) is 0 Å². The fourth-order valence-corrected chi connectivity index (χ4v) is 2.65. The molecule has 8 heteroatoms. The molecule has 3 aromatic rings. The number of anilines is 2. The minimum absolute atomic E-state index is 0.592. The lowest BCUT2D eigenvalue weighted by atomic mass is 10.4. The number of rotatable bonds is 6. The van der Waals surface area contributed by atoms with Crippen molar-refractivity contribution in [3.63, 3.8) is 0 Å². The molecule has 0 spiro atoms. The first kappa shape index (κ1) is 13.7. The maximum atomic E-state index is 4.50. The van der Waals surface area contributed by atoms with E-state index >= 15 is 0 Å². The van der Waals surface area contributed by atoms with Crippen molar-refractivity contribution in [1.29, 1.82) is 0 Å². The van der Waals surface area contributed by atoms with E-state index in [1.54, 1.807) is 17.7 Å². The maximum Gasteiger partial charge on any atom is 0.226 e. The van der Waals surface area contributed by atoms with E-state index in [1.165, 1.54) is 4.88 Å². The molecule has 0 aliphatic carbocycles. The molecule has 0 amide bonds. The normalized spacial score (nSPS) is 11.0. The van der Waals surface area contributed by atoms with Crippen LogP contribution in [0.15, 0.2) is 12.5 Å². The minimum Gasteiger partial charge on any atom is -0.362 e. The number of imidazole rings is 1. The molecule has 0 aliphatic rings. The molecule has 0 bridgehead atoms. The highest BCUT2D eigenvalue weighted by Gasteiger charge is 2.10. The van der Waals surface area contributed by atoms with Gasteiger partial charge in [0.25, 0.3) is 0 Å². The molecule has 0 fully saturated rings. The molecule has 110 valence electrons. The molecule has 7 nitrogen and oxygen atoms in total. The lowest BCUT2D eigenvalue weighted by Gasteiger charge is -2.08. The number of fused-ring (bicyclic) bond motifs is 1. The van der Waals surface area contributed by atoms with Crippen LogP contribution in [0.25, 0.3) is 11.2 Å². The lowest BCUT2D eigenvalue weighted by Crippen LogP contribution is -2.08. The molecule has 3 N–H and O–H groups in total. The van der Waals surface area contributed by atoms with Crippen molar-refractivity contribution >= 4 is 34.3 Å². The topological polar surface area (TPSA) is 91.4 Å². The zero-order chi connectivity index (χ0) is 14.7. The predicted molar refractivity (Wildman–Crippen MR) is 84.6 cm³/mol. The Balaban J connectivity index is 1.83. The van der Waals surface area contributed by atoms with Crippen LogP contribution in [0.5, 0.6) is 0 Å². The van der Waals surface area contributed by atoms with E-state index in [2.05, 4.69) is 42.5 Å². The molecule has 0 saturated heterocycles. The standard InChI is InChI=1S/C13H17N7S/c1-3-4-14-13-19-11(10-12(20-13)18-7-17-10)16-6-9-15-5-8(2)21-9/h5,7H,3-4,6H2,1-2H3,(H3,14,16,17,18,19,20). The smallest absolute Gasteiger partial charge is 0.226 e. The number of aryl methyl sites for hydroxylation is 1. The maximum absolute atomic E-state index is 4.50. The zero-order valence-electron chi connectivity index (χ0n) is 12.0. The van der Waals surface area contributed by atoms with Gasteiger partial charge in [0.2, 0.25) is 5.95 Å². The van der Waals surface area contributed by atoms with E-state index in [0.717, 1.165) is 29.3 Å². The summed E-state index contributed by atoms with van der Waals surface area (Å²) in [5.74, 6) is 1.33. The summed E-state index contributed by atoms with van der Waals surface area (Å²) in [6.07, 6.45) is 4.52. The quantitative estimate of drug-likeness (QED) is 0.648. The molecule has 21 heavy (non-hydrogen) atoms. The van der Waals surface area contributed by atoms with Crippen LogP contribution in [0.4, 0.5) is 11.8 Å². The van der Waals surface area contributed by atoms with Gasteiger partial charge in [-0.05, 0) is 13.3 Å². The molecular formula is C13H17N7S. The number of hydrogen-bond donors (Lipinski definition) is 3. The second kappa shape index (κ2) is 6.04. The van der Waals surface area contributed by atoms with E-state index in [1.807, 2.05) is 13.1 Å². The molecule has 0 unspecified atom stereocenters. The Morgan fingerprint density at radius 3 is 2.90 bits per heavy atom. The first-order chi connectivity index (χ1) is 10.3. The van der Waals surface area contributed by atoms with Crippen molar-refractivity contribution in [1.82, 2.24) is 24.9 Å². The highest BCUT2D eigenvalue weighted by molar-refractivity contribution is 7.11. The molecular weight excluding hydrogens is 286 g/mol. The largest absolute Gasteiger partial charge is 0.362 e. The van der Waals surface area contributed by atoms with Crippen molar-refractivity contribution < 1.29 is 0 Å². The predicted octanol–water partition coefficient (Wildman–Crippen LogP) is 2.55. The fraction of sp³-hybridized carbons (Fsp3) is 0.385. The third kappa shape index (κ3) is 3.10. The van der Waals surface area contributed by atoms with Crippen LogP contribution in [-0.2, 0) is 6.54 Å². The van der Waals surface area contributed by atoms with Gasteiger partial charge >= 0.3 is 0 Å². The van der Waals surface area contributed by atoms with E-state index in [9.17, 15) is 0 Å². The number of H-pyrrole nitrogens is 1. The Hall–Kier alpha value is -2.22. The van der Waals surface area contributed by atoms with Gasteiger partial charge in [-0.25, -0.2) is 9.97 Å². The minimum atomic E-state index is 0.592. The van der Waals surface area contributed by atoms with Crippen LogP contribution in [0.1, 0.15) is 23.2 Å². The molecule has 3 rings (SSSR count). The van der Waals surface area contributed by atoms with Gasteiger partial charge in [0.05, 0.1) is 12.9 Å². The highest BCUT2D eigenvalue weighted by Crippen LogP contribution is 2.20. The molecule has 3 aromatic heterocycles. The van der Waals surface area contributed by atoms with Gasteiger partial charge in [-0.1, -0.05) is 6.92 Å². The van der Waals surface area contributed by atoms with Crippen molar-refractivity contribution in [2.24, 2.45) is 0 Å². The number of thiazole rings is 1. The Morgan fingerprint density at radius 2 is 2.14 bits per heavy atom. The summed E-state index contributed by atoms with van der Waals surface area (Å²) >= 11 is 1.67. The Bertz CT molecular complexity index is 733. The van der Waals surface area contributed by atoms with Crippen LogP contribution >= 0.6 is 11.3 Å². The van der Waals surface area contributed by atoms with E-state index < -0.39 is 0 Å². The highest BCUT2D eigenvalue weighted by atomic mass is 32.1. The molecule has 0 saturated carbocycles. The second-order valence-corrected chi connectivity index (χ2v) is 5.96. The van der Waals surface area contributed by atoms with Gasteiger partial charge in [-0.15, -0.1) is 11.3 Å². The summed E-state index contributed by atoms with van der Waals surface area (Å²) in [6.45, 7) is 5.62. The summed E-state index contributed by atoms with van der Waals surface area (Å²) in [4.78, 5) is 21.7. The Kier molecular flexibility index (Phi) is 3.96. The third-order valence-corrected chi connectivity index (χ3v) is 3.81. The molecule has 0 aromatic carbocycles. The lowest BCUT2D eigenvalue weighted by molar-refractivity contribution is 0.954. The Morgan fingerprint density at radius 1 is 1.24 bits per heavy atom. The summed E-state index contributed by atoms with van der Waals surface area (Å²) in [7, 11) is 0. The first-order valence-electron chi connectivity index (χ1n) is 6.86. The summed E-state index contributed by atoms with van der Waals surface area (Å²) in [5, 5.41) is 7.53. The first-order valence-corrected chi connectivity index (χ1v) is 7.68. The van der Waals surface area contributed by atoms with Crippen molar-refractivity contribution in [2.45, 2.75) is 26.8 Å². The summed E-state index contributed by atoms with van der Waals surface area (Å²) in [5.41, 5.74) is 1.46. The van der Waals surface area contributed by atoms with Gasteiger partial charge < -0.3 is 15.6 Å². The molecule has 0 radical (unpaired) electrons. The monoisotopic (exact) mass is 303 g/mol. The van der Waals surface area contributed by atoms with E-state index in [0.29, 0.717) is 18.1 Å². The molecule has 0 atom stereocenters. The van der Waals surface area contributed by atoms with Crippen LogP contribution < -0.4 is 10.6 Å². The van der Waals surface area contributed by atoms with Gasteiger partial charge in [0.1, 0.15) is 10.5 Å². The summed E-state index contributed by atoms with van der Waals surface area (Å²) < 4.78 is 0. The van der Waals surface area contributed by atoms with Crippen molar-refractivity contribution in [2.75, 3.05) is 17.2 Å². The van der Waals surface area contributed by atoms with E-state index in [4.69, 9.17) is 0 Å². The van der Waals surface area contributed by atoms with Crippen LogP contribution in [-0.4, -0.2) is 31.5 Å². The fourth-order valence-electron chi connectivity index (χ4n) is 1.92. The molecule has 3 heterocycles. The van der Waals surface area contributed by atoms with Gasteiger partial charge in [0.15, 0.2) is 11.5 Å². The summed E-state index contributed by atoms with van der Waals surface area (Å²) in [6, 6.07) is 0. The SMILES string of the molecule is CCCNc1nc(NCc2ncc(C)s2)c2[nH]cnc2n1.